The highest BCUT2D eigenvalue weighted by atomic mass is 16.5. The Morgan fingerprint density at radius 1 is 1.07 bits per heavy atom. The lowest BCUT2D eigenvalue weighted by Crippen LogP contribution is -2.22. The summed E-state index contributed by atoms with van der Waals surface area (Å²) in [5.74, 6) is -0.0782. The molecule has 0 radical (unpaired) electrons. The van der Waals surface area contributed by atoms with E-state index >= 15 is 0 Å². The quantitative estimate of drug-likeness (QED) is 0.690. The molecule has 0 bridgehead atoms. The van der Waals surface area contributed by atoms with Crippen molar-refractivity contribution in [1.82, 2.24) is 0 Å². The van der Waals surface area contributed by atoms with Crippen LogP contribution in [0.4, 0.5) is 11.4 Å². The third-order valence-corrected chi connectivity index (χ3v) is 3.85. The lowest BCUT2D eigenvalue weighted by atomic mass is 10.1. The molecule has 27 heavy (non-hydrogen) atoms. The molecule has 0 aliphatic carbocycles. The van der Waals surface area contributed by atoms with Gasteiger partial charge in [-0.25, -0.2) is 4.79 Å². The monoisotopic (exact) mass is 370 g/mol. The van der Waals surface area contributed by atoms with Gasteiger partial charge in [0.15, 0.2) is 0 Å². The maximum atomic E-state index is 12.2. The van der Waals surface area contributed by atoms with Gasteiger partial charge in [-0.15, -0.1) is 0 Å². The zero-order valence-electron chi connectivity index (χ0n) is 16.2. The number of carbonyl (C=O) groups is 2. The Bertz CT molecular complexity index is 785. The molecule has 1 amide bonds. The largest absolute Gasteiger partial charge is 0.489 e. The van der Waals surface area contributed by atoms with Crippen LogP contribution in [-0.4, -0.2) is 31.6 Å². The summed E-state index contributed by atoms with van der Waals surface area (Å²) in [7, 11) is 1.32. The van der Waals surface area contributed by atoms with Crippen molar-refractivity contribution >= 4 is 23.3 Å². The van der Waals surface area contributed by atoms with Crippen LogP contribution < -0.4 is 15.4 Å². The Hall–Kier alpha value is -3.02. The average Bonchev–Trinajstić information content (AvgIpc) is 2.66. The van der Waals surface area contributed by atoms with E-state index in [0.717, 1.165) is 12.1 Å². The summed E-state index contributed by atoms with van der Waals surface area (Å²) < 4.78 is 10.5. The second-order valence-electron chi connectivity index (χ2n) is 6.32. The molecule has 0 aliphatic heterocycles. The molecule has 2 aromatic rings. The second kappa shape index (κ2) is 9.62. The van der Waals surface area contributed by atoms with Crippen LogP contribution in [0.15, 0.2) is 42.5 Å². The lowest BCUT2D eigenvalue weighted by Gasteiger charge is -2.16. The fourth-order valence-corrected chi connectivity index (χ4v) is 2.47. The Morgan fingerprint density at radius 3 is 2.37 bits per heavy atom. The van der Waals surface area contributed by atoms with E-state index in [-0.39, 0.29) is 18.6 Å². The van der Waals surface area contributed by atoms with E-state index < -0.39 is 5.97 Å². The van der Waals surface area contributed by atoms with E-state index in [9.17, 15) is 9.59 Å². The standard InChI is InChI=1S/C21H26N2O4/c1-5-15-6-9-17(10-7-15)23-20(24)13-22-18-12-16(21(25)26-4)8-11-19(18)27-14(2)3/h6-12,14,22H,5,13H2,1-4H3,(H,23,24). The molecule has 0 aromatic heterocycles. The van der Waals surface area contributed by atoms with E-state index in [1.54, 1.807) is 18.2 Å². The molecule has 0 fully saturated rings. The first kappa shape index (κ1) is 20.3. The number of carbonyl (C=O) groups excluding carboxylic acids is 2. The lowest BCUT2D eigenvalue weighted by molar-refractivity contribution is -0.114. The first-order valence-corrected chi connectivity index (χ1v) is 8.94. The normalized spacial score (nSPS) is 10.4. The summed E-state index contributed by atoms with van der Waals surface area (Å²) in [5.41, 5.74) is 2.89. The van der Waals surface area contributed by atoms with Crippen LogP contribution >= 0.6 is 0 Å². The highest BCUT2D eigenvalue weighted by Crippen LogP contribution is 2.27. The first-order valence-electron chi connectivity index (χ1n) is 8.94. The van der Waals surface area contributed by atoms with Crippen molar-refractivity contribution in [3.05, 3.63) is 53.6 Å². The number of rotatable bonds is 8. The van der Waals surface area contributed by atoms with Crippen LogP contribution in [0.3, 0.4) is 0 Å². The highest BCUT2D eigenvalue weighted by molar-refractivity contribution is 5.95. The minimum atomic E-state index is -0.449. The van der Waals surface area contributed by atoms with E-state index in [2.05, 4.69) is 17.6 Å². The molecule has 0 aliphatic rings. The number of ether oxygens (including phenoxy) is 2. The van der Waals surface area contributed by atoms with Crippen molar-refractivity contribution in [2.45, 2.75) is 33.3 Å². The number of benzene rings is 2. The van der Waals surface area contributed by atoms with Crippen molar-refractivity contribution in [3.8, 4) is 5.75 Å². The van der Waals surface area contributed by atoms with Gasteiger partial charge in [0.2, 0.25) is 5.91 Å². The molecule has 0 atom stereocenters. The number of hydrogen-bond donors (Lipinski definition) is 2. The van der Waals surface area contributed by atoms with Crippen LogP contribution in [0.2, 0.25) is 0 Å². The van der Waals surface area contributed by atoms with Gasteiger partial charge < -0.3 is 20.1 Å². The Balaban J connectivity index is 2.06. The predicted molar refractivity (Wildman–Crippen MR) is 106 cm³/mol. The van der Waals surface area contributed by atoms with Crippen molar-refractivity contribution in [1.29, 1.82) is 0 Å². The molecule has 2 N–H and O–H groups in total. The third-order valence-electron chi connectivity index (χ3n) is 3.85. The number of anilines is 2. The van der Waals surface area contributed by atoms with Gasteiger partial charge in [0.05, 0.1) is 31.0 Å². The predicted octanol–water partition coefficient (Wildman–Crippen LogP) is 3.87. The number of aryl methyl sites for hydroxylation is 1. The first-order chi connectivity index (χ1) is 12.9. The molecule has 0 spiro atoms. The van der Waals surface area contributed by atoms with Crippen LogP contribution in [0.5, 0.6) is 5.75 Å². The summed E-state index contributed by atoms with van der Waals surface area (Å²) in [5, 5.41) is 5.87. The molecule has 144 valence electrons. The number of nitrogens with one attached hydrogen (secondary N) is 2. The molecule has 0 heterocycles. The summed E-state index contributed by atoms with van der Waals surface area (Å²) in [6.45, 7) is 5.93. The average molecular weight is 370 g/mol. The summed E-state index contributed by atoms with van der Waals surface area (Å²) in [4.78, 5) is 24.0. The van der Waals surface area contributed by atoms with Crippen LogP contribution in [0, 0.1) is 0 Å². The molecule has 6 heteroatoms. The fraction of sp³-hybridized carbons (Fsp3) is 0.333. The van der Waals surface area contributed by atoms with E-state index in [1.165, 1.54) is 12.7 Å². The van der Waals surface area contributed by atoms with Gasteiger partial charge in [0, 0.05) is 5.69 Å². The van der Waals surface area contributed by atoms with Gasteiger partial charge >= 0.3 is 5.97 Å². The van der Waals surface area contributed by atoms with E-state index in [4.69, 9.17) is 9.47 Å². The molecule has 0 saturated heterocycles. The van der Waals surface area contributed by atoms with Crippen LogP contribution in [-0.2, 0) is 16.0 Å². The van der Waals surface area contributed by atoms with E-state index in [1.807, 2.05) is 38.1 Å². The maximum absolute atomic E-state index is 12.2. The van der Waals surface area contributed by atoms with Crippen molar-refractivity contribution in [3.63, 3.8) is 0 Å². The Kier molecular flexibility index (Phi) is 7.23. The summed E-state index contributed by atoms with van der Waals surface area (Å²) in [6, 6.07) is 12.7. The maximum Gasteiger partial charge on any atom is 0.337 e. The van der Waals surface area contributed by atoms with Gasteiger partial charge in [-0.1, -0.05) is 19.1 Å². The van der Waals surface area contributed by atoms with Crippen molar-refractivity contribution in [2.75, 3.05) is 24.3 Å². The van der Waals surface area contributed by atoms with Crippen molar-refractivity contribution in [2.24, 2.45) is 0 Å². The van der Waals surface area contributed by atoms with Gasteiger partial charge in [0.25, 0.3) is 0 Å². The highest BCUT2D eigenvalue weighted by Gasteiger charge is 2.13. The van der Waals surface area contributed by atoms with Gasteiger partial charge in [-0.2, -0.15) is 0 Å². The molecule has 2 rings (SSSR count). The molecule has 0 saturated carbocycles. The molecule has 0 unspecified atom stereocenters. The SMILES string of the molecule is CCc1ccc(NC(=O)CNc2cc(C(=O)OC)ccc2OC(C)C)cc1. The fourth-order valence-electron chi connectivity index (χ4n) is 2.47. The number of esters is 1. The zero-order valence-corrected chi connectivity index (χ0v) is 16.2. The molecular weight excluding hydrogens is 344 g/mol. The second-order valence-corrected chi connectivity index (χ2v) is 6.32. The number of hydrogen-bond acceptors (Lipinski definition) is 5. The van der Waals surface area contributed by atoms with E-state index in [0.29, 0.717) is 17.0 Å². The third kappa shape index (κ3) is 6.02. The van der Waals surface area contributed by atoms with Crippen LogP contribution in [0.1, 0.15) is 36.7 Å². The summed E-state index contributed by atoms with van der Waals surface area (Å²) >= 11 is 0. The van der Waals surface area contributed by atoms with Gasteiger partial charge in [-0.05, 0) is 56.2 Å². The van der Waals surface area contributed by atoms with Crippen LogP contribution in [0.25, 0.3) is 0 Å². The van der Waals surface area contributed by atoms with Gasteiger partial charge in [-0.3, -0.25) is 4.79 Å². The Morgan fingerprint density at radius 2 is 1.78 bits per heavy atom. The molecule has 6 nitrogen and oxygen atoms in total. The smallest absolute Gasteiger partial charge is 0.337 e. The molecule has 2 aromatic carbocycles. The minimum Gasteiger partial charge on any atom is -0.489 e. The summed E-state index contributed by atoms with van der Waals surface area (Å²) in [6.07, 6.45) is 0.908. The zero-order chi connectivity index (χ0) is 19.8. The minimum absolute atomic E-state index is 0.0363. The topological polar surface area (TPSA) is 76.7 Å². The van der Waals surface area contributed by atoms with Crippen molar-refractivity contribution < 1.29 is 19.1 Å². The van der Waals surface area contributed by atoms with Gasteiger partial charge in [0.1, 0.15) is 5.75 Å². The number of methoxy groups -OCH3 is 1. The molecular formula is C21H26N2O4. The Labute approximate surface area is 159 Å². The number of amides is 1.